The molecule has 3 heterocycles. The monoisotopic (exact) mass is 403 g/mol. The van der Waals surface area contributed by atoms with Crippen LogP contribution in [-0.2, 0) is 9.47 Å². The number of ether oxygens (including phenoxy) is 2. The van der Waals surface area contributed by atoms with Crippen LogP contribution in [-0.4, -0.2) is 83.7 Å². The zero-order valence-electron chi connectivity index (χ0n) is 18.7. The fourth-order valence-corrected chi connectivity index (χ4v) is 4.67. The first-order valence-corrected chi connectivity index (χ1v) is 10.9. The lowest BCUT2D eigenvalue weighted by atomic mass is 9.75. The van der Waals surface area contributed by atoms with Gasteiger partial charge in [-0.15, -0.1) is 0 Å². The molecule has 0 N–H and O–H groups in total. The van der Waals surface area contributed by atoms with Crippen molar-refractivity contribution in [2.24, 2.45) is 0 Å². The van der Waals surface area contributed by atoms with Gasteiger partial charge in [0, 0.05) is 51.4 Å². The summed E-state index contributed by atoms with van der Waals surface area (Å²) >= 11 is 0. The van der Waals surface area contributed by atoms with Crippen molar-refractivity contribution < 1.29 is 14.3 Å². The van der Waals surface area contributed by atoms with E-state index in [1.54, 1.807) is 0 Å². The second-order valence-corrected chi connectivity index (χ2v) is 9.31. The van der Waals surface area contributed by atoms with Gasteiger partial charge in [-0.25, -0.2) is 4.98 Å². The fourth-order valence-electron chi connectivity index (χ4n) is 4.67. The predicted octanol–water partition coefficient (Wildman–Crippen LogP) is 2.94. The molecule has 2 saturated heterocycles. The Balaban J connectivity index is 1.76. The molecule has 0 aromatic carbocycles. The average molecular weight is 404 g/mol. The first-order chi connectivity index (χ1) is 13.7. The highest BCUT2D eigenvalue weighted by Gasteiger charge is 2.51. The maximum Gasteiger partial charge on any atom is 0.201 e. The van der Waals surface area contributed by atoms with Gasteiger partial charge in [-0.2, -0.15) is 0 Å². The molecule has 3 rings (SSSR count). The Labute approximate surface area is 175 Å². The minimum Gasteiger partial charge on any atom is -0.377 e. The molecule has 0 saturated carbocycles. The Bertz CT molecular complexity index is 698. The van der Waals surface area contributed by atoms with Crippen molar-refractivity contribution in [3.8, 4) is 0 Å². The lowest BCUT2D eigenvalue weighted by molar-refractivity contribution is -0.114. The maximum atomic E-state index is 13.8. The molecule has 1 unspecified atom stereocenters. The minimum absolute atomic E-state index is 0.147. The number of ketones is 1. The van der Waals surface area contributed by atoms with E-state index >= 15 is 0 Å². The van der Waals surface area contributed by atoms with E-state index in [2.05, 4.69) is 42.5 Å². The number of pyridine rings is 1. The van der Waals surface area contributed by atoms with Gasteiger partial charge < -0.3 is 9.47 Å². The molecule has 0 aliphatic carbocycles. The standard InChI is InChI=1S/C23H37N3O3/c1-18(2)28-16-14-25-10-12-26(13-11-25)23(9-15-29-22(4,5)17-23)21(27)20-8-6-7-19(3)24-20/h6-8,18H,9-17H2,1-5H3. The van der Waals surface area contributed by atoms with Crippen molar-refractivity contribution in [1.82, 2.24) is 14.8 Å². The van der Waals surface area contributed by atoms with Crippen LogP contribution < -0.4 is 0 Å². The van der Waals surface area contributed by atoms with Crippen molar-refractivity contribution in [2.75, 3.05) is 45.9 Å². The van der Waals surface area contributed by atoms with Crippen LogP contribution in [0.1, 0.15) is 56.7 Å². The summed E-state index contributed by atoms with van der Waals surface area (Å²) in [5, 5.41) is 0. The summed E-state index contributed by atoms with van der Waals surface area (Å²) in [6.45, 7) is 16.3. The van der Waals surface area contributed by atoms with Gasteiger partial charge in [0.05, 0.1) is 23.9 Å². The van der Waals surface area contributed by atoms with Crippen LogP contribution in [0.25, 0.3) is 0 Å². The second kappa shape index (κ2) is 9.21. The van der Waals surface area contributed by atoms with E-state index in [9.17, 15) is 4.79 Å². The molecule has 2 aliphatic rings. The van der Waals surface area contributed by atoms with Crippen LogP contribution in [0.4, 0.5) is 0 Å². The van der Waals surface area contributed by atoms with E-state index < -0.39 is 5.54 Å². The topological polar surface area (TPSA) is 54.9 Å². The highest BCUT2D eigenvalue weighted by molar-refractivity contribution is 6.02. The number of nitrogens with zero attached hydrogens (tertiary/aromatic N) is 3. The lowest BCUT2D eigenvalue weighted by Gasteiger charge is -2.52. The number of hydrogen-bond acceptors (Lipinski definition) is 6. The number of piperazine rings is 1. The third kappa shape index (κ3) is 5.43. The molecular weight excluding hydrogens is 366 g/mol. The zero-order chi connectivity index (χ0) is 21.1. The molecular formula is C23H37N3O3. The van der Waals surface area contributed by atoms with Crippen molar-refractivity contribution in [1.29, 1.82) is 0 Å². The minimum atomic E-state index is -0.539. The van der Waals surface area contributed by atoms with E-state index in [1.807, 2.05) is 25.1 Å². The van der Waals surface area contributed by atoms with Gasteiger partial charge >= 0.3 is 0 Å². The summed E-state index contributed by atoms with van der Waals surface area (Å²) in [6.07, 6.45) is 1.69. The third-order valence-corrected chi connectivity index (χ3v) is 6.11. The molecule has 1 aromatic rings. The molecule has 0 amide bonds. The zero-order valence-corrected chi connectivity index (χ0v) is 18.7. The highest BCUT2D eigenvalue weighted by Crippen LogP contribution is 2.39. The molecule has 2 aliphatic heterocycles. The number of carbonyl (C=O) groups is 1. The second-order valence-electron chi connectivity index (χ2n) is 9.31. The average Bonchev–Trinajstić information content (AvgIpc) is 2.67. The van der Waals surface area contributed by atoms with Crippen LogP contribution >= 0.6 is 0 Å². The third-order valence-electron chi connectivity index (χ3n) is 6.11. The molecule has 162 valence electrons. The van der Waals surface area contributed by atoms with Crippen LogP contribution in [0.15, 0.2) is 18.2 Å². The Hall–Kier alpha value is -1.34. The summed E-state index contributed by atoms with van der Waals surface area (Å²) in [6, 6.07) is 5.73. The number of Topliss-reactive ketones (excluding diaryl/α,β-unsaturated/α-hetero) is 1. The normalized spacial score (nSPS) is 26.0. The number of rotatable bonds is 7. The summed E-state index contributed by atoms with van der Waals surface area (Å²) in [5.74, 6) is 0.147. The highest BCUT2D eigenvalue weighted by atomic mass is 16.5. The molecule has 1 atom stereocenters. The van der Waals surface area contributed by atoms with Gasteiger partial charge in [0.15, 0.2) is 0 Å². The smallest absolute Gasteiger partial charge is 0.201 e. The Morgan fingerprint density at radius 3 is 2.59 bits per heavy atom. The van der Waals surface area contributed by atoms with Gasteiger partial charge in [-0.3, -0.25) is 14.6 Å². The lowest BCUT2D eigenvalue weighted by Crippen LogP contribution is -2.65. The molecule has 29 heavy (non-hydrogen) atoms. The SMILES string of the molecule is Cc1cccc(C(=O)C2(N3CCN(CCOC(C)C)CC3)CCOC(C)(C)C2)n1. The van der Waals surface area contributed by atoms with E-state index in [-0.39, 0.29) is 17.5 Å². The molecule has 0 bridgehead atoms. The molecule has 6 nitrogen and oxygen atoms in total. The van der Waals surface area contributed by atoms with Gasteiger partial charge in [-0.1, -0.05) is 6.07 Å². The summed E-state index contributed by atoms with van der Waals surface area (Å²) in [4.78, 5) is 23.2. The number of aromatic nitrogens is 1. The van der Waals surface area contributed by atoms with E-state index in [1.165, 1.54) is 0 Å². The van der Waals surface area contributed by atoms with Crippen LogP contribution in [0.3, 0.4) is 0 Å². The maximum absolute atomic E-state index is 13.8. The number of hydrogen-bond donors (Lipinski definition) is 0. The first-order valence-electron chi connectivity index (χ1n) is 10.9. The van der Waals surface area contributed by atoms with Gasteiger partial charge in [0.2, 0.25) is 5.78 Å². The fraction of sp³-hybridized carbons (Fsp3) is 0.739. The van der Waals surface area contributed by atoms with Gasteiger partial charge in [0.25, 0.3) is 0 Å². The van der Waals surface area contributed by atoms with Gasteiger partial charge in [-0.05, 0) is 53.2 Å². The predicted molar refractivity (Wildman–Crippen MR) is 114 cm³/mol. The number of aryl methyl sites for hydroxylation is 1. The number of carbonyl (C=O) groups excluding carboxylic acids is 1. The van der Waals surface area contributed by atoms with Crippen molar-refractivity contribution >= 4 is 5.78 Å². The Morgan fingerprint density at radius 1 is 1.24 bits per heavy atom. The summed E-state index contributed by atoms with van der Waals surface area (Å²) in [5.41, 5.74) is 0.603. The van der Waals surface area contributed by atoms with E-state index in [0.717, 1.165) is 51.4 Å². The molecule has 2 fully saturated rings. The van der Waals surface area contributed by atoms with E-state index in [4.69, 9.17) is 9.47 Å². The van der Waals surface area contributed by atoms with E-state index in [0.29, 0.717) is 18.7 Å². The summed E-state index contributed by atoms with van der Waals surface area (Å²) < 4.78 is 11.7. The molecule has 0 radical (unpaired) electrons. The Morgan fingerprint density at radius 2 is 1.97 bits per heavy atom. The molecule has 0 spiro atoms. The molecule has 1 aromatic heterocycles. The van der Waals surface area contributed by atoms with Crippen molar-refractivity contribution in [2.45, 2.75) is 64.7 Å². The Kier molecular flexibility index (Phi) is 7.10. The largest absolute Gasteiger partial charge is 0.377 e. The van der Waals surface area contributed by atoms with Crippen LogP contribution in [0.5, 0.6) is 0 Å². The summed E-state index contributed by atoms with van der Waals surface area (Å²) in [7, 11) is 0. The van der Waals surface area contributed by atoms with Crippen molar-refractivity contribution in [3.05, 3.63) is 29.6 Å². The van der Waals surface area contributed by atoms with Crippen LogP contribution in [0.2, 0.25) is 0 Å². The quantitative estimate of drug-likeness (QED) is 0.653. The van der Waals surface area contributed by atoms with Gasteiger partial charge in [0.1, 0.15) is 5.69 Å². The first kappa shape index (κ1) is 22.3. The van der Waals surface area contributed by atoms with Crippen LogP contribution in [0, 0.1) is 6.92 Å². The molecule has 6 heteroatoms. The van der Waals surface area contributed by atoms with Crippen molar-refractivity contribution in [3.63, 3.8) is 0 Å².